The van der Waals surface area contributed by atoms with E-state index in [0.29, 0.717) is 6.04 Å². The van der Waals surface area contributed by atoms with Gasteiger partial charge in [0.2, 0.25) is 0 Å². The number of rotatable bonds is 3. The minimum atomic E-state index is 0.142. The van der Waals surface area contributed by atoms with Crippen LogP contribution in [0.3, 0.4) is 0 Å². The summed E-state index contributed by atoms with van der Waals surface area (Å²) in [5.41, 5.74) is 0.142. The Kier molecular flexibility index (Phi) is 4.69. The average Bonchev–Trinajstić information content (AvgIpc) is 3.18. The van der Waals surface area contributed by atoms with E-state index in [1.165, 1.54) is 32.6 Å². The zero-order valence-electron chi connectivity index (χ0n) is 15.2. The van der Waals surface area contributed by atoms with Crippen molar-refractivity contribution in [1.29, 1.82) is 0 Å². The summed E-state index contributed by atoms with van der Waals surface area (Å²) in [6, 6.07) is 4.80. The molecule has 5 nitrogen and oxygen atoms in total. The molecule has 1 atom stereocenters. The lowest BCUT2D eigenvalue weighted by Crippen LogP contribution is -2.50. The molecule has 0 aliphatic carbocycles. The number of piperidine rings is 1. The van der Waals surface area contributed by atoms with Crippen molar-refractivity contribution in [2.75, 3.05) is 52.9 Å². The fourth-order valence-electron chi connectivity index (χ4n) is 4.50. The second-order valence-corrected chi connectivity index (χ2v) is 7.98. The molecule has 3 aliphatic rings. The maximum Gasteiger partial charge on any atom is 0.118 e. The summed E-state index contributed by atoms with van der Waals surface area (Å²) in [7, 11) is 2.22. The molecule has 0 N–H and O–H groups in total. The fraction of sp³-hybridized carbons (Fsp3) is 0.789. The lowest BCUT2D eigenvalue weighted by atomic mass is 9.87. The van der Waals surface area contributed by atoms with Gasteiger partial charge in [-0.05, 0) is 45.4 Å². The third kappa shape index (κ3) is 3.54. The van der Waals surface area contributed by atoms with Crippen molar-refractivity contribution in [3.05, 3.63) is 23.7 Å². The molecule has 0 saturated carbocycles. The monoisotopic (exact) mass is 333 g/mol. The summed E-state index contributed by atoms with van der Waals surface area (Å²) in [4.78, 5) is 7.60. The Morgan fingerprint density at radius 2 is 1.83 bits per heavy atom. The van der Waals surface area contributed by atoms with Crippen LogP contribution in [-0.4, -0.2) is 79.3 Å². The number of piperazine rings is 1. The topological polar surface area (TPSA) is 32.1 Å². The van der Waals surface area contributed by atoms with E-state index in [-0.39, 0.29) is 5.60 Å². The first kappa shape index (κ1) is 16.6. The summed E-state index contributed by atoms with van der Waals surface area (Å²) in [5.74, 6) is 2.10. The lowest BCUT2D eigenvalue weighted by Gasteiger charge is -2.39. The Labute approximate surface area is 145 Å². The first-order chi connectivity index (χ1) is 11.6. The van der Waals surface area contributed by atoms with Gasteiger partial charge in [0.15, 0.2) is 0 Å². The Bertz CT molecular complexity index is 543. The lowest BCUT2D eigenvalue weighted by molar-refractivity contribution is -0.0463. The highest BCUT2D eigenvalue weighted by atomic mass is 16.5. The molecule has 24 heavy (non-hydrogen) atoms. The van der Waals surface area contributed by atoms with Crippen molar-refractivity contribution < 1.29 is 9.15 Å². The average molecular weight is 333 g/mol. The molecule has 0 aromatic carbocycles. The zero-order chi connectivity index (χ0) is 16.6. The normalized spacial score (nSPS) is 29.5. The van der Waals surface area contributed by atoms with Crippen molar-refractivity contribution in [2.24, 2.45) is 0 Å². The van der Waals surface area contributed by atoms with E-state index in [1.807, 2.05) is 6.92 Å². The summed E-state index contributed by atoms with van der Waals surface area (Å²) in [5, 5.41) is 0. The highest BCUT2D eigenvalue weighted by molar-refractivity contribution is 5.06. The number of hydrogen-bond acceptors (Lipinski definition) is 5. The molecule has 3 saturated heterocycles. The molecule has 134 valence electrons. The zero-order valence-corrected chi connectivity index (χ0v) is 15.2. The number of likely N-dealkylation sites (N-methyl/N-ethyl adjacent to an activating group) is 1. The van der Waals surface area contributed by atoms with Gasteiger partial charge in [-0.25, -0.2) is 0 Å². The maximum atomic E-state index is 6.37. The van der Waals surface area contributed by atoms with Gasteiger partial charge in [-0.3, -0.25) is 9.80 Å². The maximum absolute atomic E-state index is 6.37. The van der Waals surface area contributed by atoms with E-state index in [1.54, 1.807) is 0 Å². The number of nitrogens with zero attached hydrogens (tertiary/aromatic N) is 3. The van der Waals surface area contributed by atoms with Gasteiger partial charge in [0, 0.05) is 45.3 Å². The van der Waals surface area contributed by atoms with Crippen molar-refractivity contribution in [2.45, 2.75) is 44.4 Å². The first-order valence-electron chi connectivity index (χ1n) is 9.46. The van der Waals surface area contributed by atoms with Crippen LogP contribution in [0, 0.1) is 6.92 Å². The summed E-state index contributed by atoms with van der Waals surface area (Å²) < 4.78 is 12.1. The standard InChI is InChI=1S/C19H31N3O2/c1-16-3-4-18(24-16)14-21-7-5-19(6-8-21)13-17(15-23-19)22-11-9-20(2)10-12-22/h3-4,17H,5-15H2,1-2H3/t17-/m1/s1. The highest BCUT2D eigenvalue weighted by Gasteiger charge is 2.44. The number of ether oxygens (including phenoxy) is 1. The Hall–Kier alpha value is -0.880. The molecule has 1 aromatic rings. The van der Waals surface area contributed by atoms with Crippen molar-refractivity contribution in [3.8, 4) is 0 Å². The Morgan fingerprint density at radius 3 is 2.50 bits per heavy atom. The fourth-order valence-corrected chi connectivity index (χ4v) is 4.50. The molecule has 4 heterocycles. The second-order valence-electron chi connectivity index (χ2n) is 7.98. The number of aryl methyl sites for hydroxylation is 1. The van der Waals surface area contributed by atoms with Crippen LogP contribution < -0.4 is 0 Å². The molecule has 3 fully saturated rings. The summed E-state index contributed by atoms with van der Waals surface area (Å²) in [6.07, 6.45) is 3.55. The van der Waals surface area contributed by atoms with E-state index in [2.05, 4.69) is 33.9 Å². The molecule has 1 aromatic heterocycles. The van der Waals surface area contributed by atoms with E-state index in [0.717, 1.165) is 50.6 Å². The molecule has 0 radical (unpaired) electrons. The minimum Gasteiger partial charge on any atom is -0.465 e. The predicted molar refractivity (Wildman–Crippen MR) is 94.1 cm³/mol. The van der Waals surface area contributed by atoms with Crippen molar-refractivity contribution >= 4 is 0 Å². The Balaban J connectivity index is 1.27. The number of likely N-dealkylation sites (tertiary alicyclic amines) is 1. The van der Waals surface area contributed by atoms with E-state index < -0.39 is 0 Å². The van der Waals surface area contributed by atoms with Crippen molar-refractivity contribution in [3.63, 3.8) is 0 Å². The quantitative estimate of drug-likeness (QED) is 0.844. The molecule has 0 amide bonds. The van der Waals surface area contributed by atoms with E-state index >= 15 is 0 Å². The molecule has 5 heteroatoms. The van der Waals surface area contributed by atoms with Gasteiger partial charge in [-0.15, -0.1) is 0 Å². The molecule has 0 bridgehead atoms. The van der Waals surface area contributed by atoms with Gasteiger partial charge >= 0.3 is 0 Å². The Morgan fingerprint density at radius 1 is 1.08 bits per heavy atom. The van der Waals surface area contributed by atoms with Crippen LogP contribution in [0.15, 0.2) is 16.5 Å². The molecule has 0 unspecified atom stereocenters. The van der Waals surface area contributed by atoms with Gasteiger partial charge in [0.1, 0.15) is 11.5 Å². The van der Waals surface area contributed by atoms with Crippen LogP contribution in [0.4, 0.5) is 0 Å². The van der Waals surface area contributed by atoms with Crippen LogP contribution in [0.1, 0.15) is 30.8 Å². The van der Waals surface area contributed by atoms with Gasteiger partial charge in [0.25, 0.3) is 0 Å². The second kappa shape index (κ2) is 6.79. The summed E-state index contributed by atoms with van der Waals surface area (Å²) in [6.45, 7) is 10.9. The molecule has 4 rings (SSSR count). The van der Waals surface area contributed by atoms with E-state index in [4.69, 9.17) is 9.15 Å². The highest BCUT2D eigenvalue weighted by Crippen LogP contribution is 2.38. The molecular formula is C19H31N3O2. The molecule has 1 spiro atoms. The molecular weight excluding hydrogens is 302 g/mol. The largest absolute Gasteiger partial charge is 0.465 e. The number of hydrogen-bond donors (Lipinski definition) is 0. The van der Waals surface area contributed by atoms with E-state index in [9.17, 15) is 0 Å². The van der Waals surface area contributed by atoms with Crippen LogP contribution >= 0.6 is 0 Å². The predicted octanol–water partition coefficient (Wildman–Crippen LogP) is 1.96. The third-order valence-corrected chi connectivity index (χ3v) is 6.19. The minimum absolute atomic E-state index is 0.142. The molecule has 3 aliphatic heterocycles. The van der Waals surface area contributed by atoms with Crippen molar-refractivity contribution in [1.82, 2.24) is 14.7 Å². The van der Waals surface area contributed by atoms with Crippen LogP contribution in [0.5, 0.6) is 0 Å². The van der Waals surface area contributed by atoms with Gasteiger partial charge in [-0.1, -0.05) is 0 Å². The smallest absolute Gasteiger partial charge is 0.118 e. The van der Waals surface area contributed by atoms with Gasteiger partial charge in [-0.2, -0.15) is 0 Å². The van der Waals surface area contributed by atoms with Crippen LogP contribution in [-0.2, 0) is 11.3 Å². The van der Waals surface area contributed by atoms with Crippen LogP contribution in [0.25, 0.3) is 0 Å². The first-order valence-corrected chi connectivity index (χ1v) is 9.46. The van der Waals surface area contributed by atoms with Crippen LogP contribution in [0.2, 0.25) is 0 Å². The number of furan rings is 1. The third-order valence-electron chi connectivity index (χ3n) is 6.19. The van der Waals surface area contributed by atoms with Gasteiger partial charge < -0.3 is 14.1 Å². The summed E-state index contributed by atoms with van der Waals surface area (Å²) >= 11 is 0. The van der Waals surface area contributed by atoms with Gasteiger partial charge in [0.05, 0.1) is 18.8 Å². The SMILES string of the molecule is Cc1ccc(CN2CCC3(CC2)C[C@@H](N2CCN(C)CC2)CO3)o1.